The Kier molecular flexibility index (Phi) is 8.07. The van der Waals surface area contributed by atoms with Gasteiger partial charge >= 0.3 is 0 Å². The van der Waals surface area contributed by atoms with E-state index in [-0.39, 0.29) is 5.78 Å². The molecule has 0 aromatic carbocycles. The largest absolute Gasteiger partial charge is 0.496 e. The third-order valence-electron chi connectivity index (χ3n) is 2.78. The first-order valence-corrected chi connectivity index (χ1v) is 6.91. The van der Waals surface area contributed by atoms with Gasteiger partial charge in [-0.1, -0.05) is 36.5 Å². The maximum absolute atomic E-state index is 11.9. The van der Waals surface area contributed by atoms with E-state index in [1.807, 2.05) is 52.0 Å². The van der Waals surface area contributed by atoms with Crippen molar-refractivity contribution >= 4 is 5.78 Å². The van der Waals surface area contributed by atoms with E-state index in [9.17, 15) is 4.79 Å². The van der Waals surface area contributed by atoms with Crippen molar-refractivity contribution in [2.45, 2.75) is 34.6 Å². The predicted molar refractivity (Wildman–Crippen MR) is 91.0 cm³/mol. The van der Waals surface area contributed by atoms with Gasteiger partial charge in [0.2, 0.25) is 0 Å². The van der Waals surface area contributed by atoms with Crippen LogP contribution in [0.3, 0.4) is 0 Å². The zero-order valence-corrected chi connectivity index (χ0v) is 14.0. The van der Waals surface area contributed by atoms with E-state index in [0.717, 1.165) is 22.3 Å². The van der Waals surface area contributed by atoms with E-state index in [4.69, 9.17) is 4.74 Å². The quantitative estimate of drug-likeness (QED) is 0.371. The molecular weight excluding hydrogens is 260 g/mol. The minimum Gasteiger partial charge on any atom is -0.496 e. The van der Waals surface area contributed by atoms with Crippen LogP contribution in [0, 0.1) is 0 Å². The standard InChI is InChI=1S/C19H26O2/c1-9-16(15(7)20)17(11-13(3)4)18(12-14(5)6)19(10-2)21-8/h9-12H,3,5H2,1-2,4,6-8H3/b16-9-,17-11+,18-12-,19-10?. The van der Waals surface area contributed by atoms with Crippen molar-refractivity contribution < 1.29 is 9.53 Å². The Labute approximate surface area is 128 Å². The summed E-state index contributed by atoms with van der Waals surface area (Å²) in [6.45, 7) is 17.0. The fourth-order valence-electron chi connectivity index (χ4n) is 2.01. The Hall–Kier alpha value is -2.09. The van der Waals surface area contributed by atoms with Crippen LogP contribution >= 0.6 is 0 Å². The highest BCUT2D eigenvalue weighted by molar-refractivity contribution is 5.99. The molecule has 0 aliphatic carbocycles. The van der Waals surface area contributed by atoms with Gasteiger partial charge in [0.1, 0.15) is 5.76 Å². The number of hydrogen-bond donors (Lipinski definition) is 0. The number of ketones is 1. The van der Waals surface area contributed by atoms with E-state index < -0.39 is 0 Å². The molecule has 0 unspecified atom stereocenters. The van der Waals surface area contributed by atoms with Gasteiger partial charge in [-0.25, -0.2) is 0 Å². The fraction of sp³-hybridized carbons (Fsp3) is 0.316. The van der Waals surface area contributed by atoms with Crippen LogP contribution < -0.4 is 0 Å². The van der Waals surface area contributed by atoms with Crippen LogP contribution in [0.1, 0.15) is 34.6 Å². The molecule has 0 aromatic rings. The number of allylic oxidation sites excluding steroid dienone is 8. The third-order valence-corrected chi connectivity index (χ3v) is 2.78. The van der Waals surface area contributed by atoms with Gasteiger partial charge < -0.3 is 4.74 Å². The number of methoxy groups -OCH3 is 1. The van der Waals surface area contributed by atoms with Gasteiger partial charge in [0.15, 0.2) is 5.78 Å². The van der Waals surface area contributed by atoms with Crippen LogP contribution in [0.4, 0.5) is 0 Å². The van der Waals surface area contributed by atoms with Crippen molar-refractivity contribution in [3.8, 4) is 0 Å². The van der Waals surface area contributed by atoms with Crippen molar-refractivity contribution in [2.75, 3.05) is 7.11 Å². The van der Waals surface area contributed by atoms with Gasteiger partial charge in [-0.3, -0.25) is 4.79 Å². The van der Waals surface area contributed by atoms with E-state index in [2.05, 4.69) is 13.2 Å². The molecule has 0 amide bonds. The second kappa shape index (κ2) is 8.96. The molecule has 0 aromatic heterocycles. The summed E-state index contributed by atoms with van der Waals surface area (Å²) in [5, 5.41) is 0. The number of hydrogen-bond acceptors (Lipinski definition) is 2. The molecule has 0 bridgehead atoms. The molecule has 2 nitrogen and oxygen atoms in total. The van der Waals surface area contributed by atoms with Crippen molar-refractivity contribution in [1.29, 1.82) is 0 Å². The smallest absolute Gasteiger partial charge is 0.160 e. The first-order chi connectivity index (χ1) is 9.78. The van der Waals surface area contributed by atoms with Crippen LogP contribution in [0.2, 0.25) is 0 Å². The normalized spacial score (nSPS) is 14.0. The molecule has 0 rings (SSSR count). The summed E-state index contributed by atoms with van der Waals surface area (Å²) in [5.74, 6) is 0.704. The molecule has 2 heteroatoms. The first-order valence-electron chi connectivity index (χ1n) is 6.91. The molecular formula is C19H26O2. The van der Waals surface area contributed by atoms with Gasteiger partial charge in [-0.15, -0.1) is 0 Å². The van der Waals surface area contributed by atoms with E-state index in [1.54, 1.807) is 14.0 Å². The highest BCUT2D eigenvalue weighted by Gasteiger charge is 2.17. The van der Waals surface area contributed by atoms with Crippen molar-refractivity contribution in [3.63, 3.8) is 0 Å². The second-order valence-electron chi connectivity index (χ2n) is 4.92. The summed E-state index contributed by atoms with van der Waals surface area (Å²) in [4.78, 5) is 11.9. The lowest BCUT2D eigenvalue weighted by Crippen LogP contribution is -2.06. The van der Waals surface area contributed by atoms with Gasteiger partial charge in [0, 0.05) is 11.1 Å². The highest BCUT2D eigenvalue weighted by Crippen LogP contribution is 2.29. The van der Waals surface area contributed by atoms with E-state index in [1.165, 1.54) is 0 Å². The maximum atomic E-state index is 11.9. The Morgan fingerprint density at radius 1 is 0.857 bits per heavy atom. The van der Waals surface area contributed by atoms with Gasteiger partial charge in [-0.05, 0) is 52.3 Å². The first kappa shape index (κ1) is 18.9. The van der Waals surface area contributed by atoms with Gasteiger partial charge in [-0.2, -0.15) is 0 Å². The highest BCUT2D eigenvalue weighted by atomic mass is 16.5. The van der Waals surface area contributed by atoms with Crippen LogP contribution in [0.25, 0.3) is 0 Å². The predicted octanol–water partition coefficient (Wildman–Crippen LogP) is 5.08. The molecule has 0 spiro atoms. The third kappa shape index (κ3) is 5.82. The zero-order chi connectivity index (χ0) is 16.6. The lowest BCUT2D eigenvalue weighted by Gasteiger charge is -2.17. The summed E-state index contributed by atoms with van der Waals surface area (Å²) in [5.41, 5.74) is 4.02. The average molecular weight is 286 g/mol. The molecule has 0 N–H and O–H groups in total. The summed E-state index contributed by atoms with van der Waals surface area (Å²) in [6, 6.07) is 0. The molecule has 0 aliphatic heterocycles. The topological polar surface area (TPSA) is 26.3 Å². The average Bonchev–Trinajstić information content (AvgIpc) is 2.37. The number of carbonyl (C=O) groups excluding carboxylic acids is 1. The summed E-state index contributed by atoms with van der Waals surface area (Å²) >= 11 is 0. The molecule has 0 saturated heterocycles. The second-order valence-corrected chi connectivity index (χ2v) is 4.92. The minimum absolute atomic E-state index is 0.00386. The monoisotopic (exact) mass is 286 g/mol. The molecule has 0 atom stereocenters. The zero-order valence-electron chi connectivity index (χ0n) is 14.0. The molecule has 0 aliphatic rings. The van der Waals surface area contributed by atoms with Crippen LogP contribution in [0.15, 0.2) is 71.1 Å². The van der Waals surface area contributed by atoms with Crippen LogP contribution in [0.5, 0.6) is 0 Å². The lowest BCUT2D eigenvalue weighted by atomic mass is 9.90. The maximum Gasteiger partial charge on any atom is 0.160 e. The SMILES string of the molecule is C=C(C)/C=C(C(=CC)OC)/C(=C/C(=C)C)C(=C\C)/C(C)=O. The lowest BCUT2D eigenvalue weighted by molar-refractivity contribution is -0.113. The van der Waals surface area contributed by atoms with Crippen molar-refractivity contribution in [2.24, 2.45) is 0 Å². The minimum atomic E-state index is 0.00386. The molecule has 0 fully saturated rings. The molecule has 0 radical (unpaired) electrons. The molecule has 21 heavy (non-hydrogen) atoms. The number of Topliss-reactive ketones (excluding diaryl/α,β-unsaturated/α-hetero) is 1. The summed E-state index contributed by atoms with van der Waals surface area (Å²) < 4.78 is 5.44. The molecule has 114 valence electrons. The van der Waals surface area contributed by atoms with Gasteiger partial charge in [0.05, 0.1) is 7.11 Å². The van der Waals surface area contributed by atoms with Crippen LogP contribution in [-0.2, 0) is 9.53 Å². The number of rotatable bonds is 7. The number of carbonyl (C=O) groups is 1. The summed E-state index contributed by atoms with van der Waals surface area (Å²) in [6.07, 6.45) is 7.49. The van der Waals surface area contributed by atoms with Crippen molar-refractivity contribution in [1.82, 2.24) is 0 Å². The Morgan fingerprint density at radius 3 is 1.62 bits per heavy atom. The fourth-order valence-corrected chi connectivity index (χ4v) is 2.01. The Balaban J connectivity index is 6.39. The van der Waals surface area contributed by atoms with Crippen LogP contribution in [-0.4, -0.2) is 12.9 Å². The molecule has 0 heterocycles. The van der Waals surface area contributed by atoms with E-state index in [0.29, 0.717) is 11.3 Å². The molecule has 0 saturated carbocycles. The van der Waals surface area contributed by atoms with Gasteiger partial charge in [0.25, 0.3) is 0 Å². The number of ether oxygens (including phenoxy) is 1. The van der Waals surface area contributed by atoms with E-state index >= 15 is 0 Å². The van der Waals surface area contributed by atoms with Crippen molar-refractivity contribution in [3.05, 3.63) is 71.1 Å². The Morgan fingerprint density at radius 2 is 1.33 bits per heavy atom. The Bertz CT molecular complexity index is 552. The summed E-state index contributed by atoms with van der Waals surface area (Å²) in [7, 11) is 1.61.